The topological polar surface area (TPSA) is 95.9 Å². The Morgan fingerprint density at radius 1 is 0.400 bits per heavy atom. The van der Waals surface area contributed by atoms with Crippen molar-refractivity contribution in [3.05, 3.63) is 60.8 Å². The molecule has 0 aromatic carbocycles. The smallest absolute Gasteiger partial charge is 0.305 e. The Morgan fingerprint density at radius 2 is 0.714 bits per heavy atom. The van der Waals surface area contributed by atoms with Crippen molar-refractivity contribution in [1.82, 2.24) is 5.32 Å². The third-order valence-electron chi connectivity index (χ3n) is 13.8. The van der Waals surface area contributed by atoms with Crippen molar-refractivity contribution < 1.29 is 24.5 Å². The van der Waals surface area contributed by atoms with Crippen LogP contribution in [0.5, 0.6) is 0 Å². The Morgan fingerprint density at radius 3 is 1.10 bits per heavy atom. The summed E-state index contributed by atoms with van der Waals surface area (Å²) in [4.78, 5) is 24.5. The number of rotatable bonds is 56. The molecule has 0 spiro atoms. The molecule has 70 heavy (non-hydrogen) atoms. The summed E-state index contributed by atoms with van der Waals surface area (Å²) in [6.07, 6.45) is 76.8. The van der Waals surface area contributed by atoms with Gasteiger partial charge in [-0.3, -0.25) is 9.59 Å². The Labute approximate surface area is 435 Å². The highest BCUT2D eigenvalue weighted by atomic mass is 16.5. The van der Waals surface area contributed by atoms with E-state index in [0.717, 1.165) is 96.3 Å². The van der Waals surface area contributed by atoms with E-state index in [1.54, 1.807) is 6.08 Å². The molecule has 0 saturated heterocycles. The lowest BCUT2D eigenvalue weighted by molar-refractivity contribution is -0.143. The number of nitrogens with one attached hydrogen (secondary N) is 1. The molecule has 0 rings (SSSR count). The number of aliphatic hydroxyl groups excluding tert-OH is 2. The first-order chi connectivity index (χ1) is 34.5. The van der Waals surface area contributed by atoms with Gasteiger partial charge in [0, 0.05) is 12.8 Å². The fourth-order valence-electron chi connectivity index (χ4n) is 9.05. The van der Waals surface area contributed by atoms with Gasteiger partial charge in [0.05, 0.1) is 25.4 Å². The quantitative estimate of drug-likeness (QED) is 0.0321. The van der Waals surface area contributed by atoms with E-state index in [1.807, 2.05) is 6.08 Å². The van der Waals surface area contributed by atoms with Crippen molar-refractivity contribution in [1.29, 1.82) is 0 Å². The zero-order valence-corrected chi connectivity index (χ0v) is 46.5. The summed E-state index contributed by atoms with van der Waals surface area (Å²) in [5.74, 6) is -0.114. The lowest BCUT2D eigenvalue weighted by atomic mass is 10.0. The molecule has 1 amide bonds. The van der Waals surface area contributed by atoms with Crippen LogP contribution < -0.4 is 5.32 Å². The Balaban J connectivity index is 3.54. The first-order valence-electron chi connectivity index (χ1n) is 30.6. The summed E-state index contributed by atoms with van der Waals surface area (Å²) in [6.45, 7) is 4.84. The number of esters is 1. The molecular weight excluding hydrogens is 863 g/mol. The summed E-state index contributed by atoms with van der Waals surface area (Å²) >= 11 is 0. The number of ether oxygens (including phenoxy) is 1. The molecule has 2 atom stereocenters. The molecule has 6 nitrogen and oxygen atoms in total. The van der Waals surface area contributed by atoms with Crippen LogP contribution in [0.15, 0.2) is 60.8 Å². The summed E-state index contributed by atoms with van der Waals surface area (Å²) in [5.41, 5.74) is 0. The number of allylic oxidation sites excluding steroid dienone is 9. The number of hydrogen-bond donors (Lipinski definition) is 3. The van der Waals surface area contributed by atoms with Crippen LogP contribution in [0.3, 0.4) is 0 Å². The van der Waals surface area contributed by atoms with E-state index < -0.39 is 12.1 Å². The van der Waals surface area contributed by atoms with Crippen LogP contribution in [0.4, 0.5) is 0 Å². The number of unbranched alkanes of at least 4 members (excludes halogenated alkanes) is 37. The maximum absolute atomic E-state index is 12.5. The average molecular weight is 981 g/mol. The van der Waals surface area contributed by atoms with Crippen molar-refractivity contribution in [2.45, 2.75) is 321 Å². The highest BCUT2D eigenvalue weighted by molar-refractivity contribution is 5.76. The van der Waals surface area contributed by atoms with Crippen LogP contribution in [0.1, 0.15) is 309 Å². The predicted octanol–water partition coefficient (Wildman–Crippen LogP) is 19.1. The minimum atomic E-state index is -0.858. The van der Waals surface area contributed by atoms with E-state index in [1.165, 1.54) is 186 Å². The monoisotopic (exact) mass is 980 g/mol. The zero-order valence-electron chi connectivity index (χ0n) is 46.5. The maximum Gasteiger partial charge on any atom is 0.305 e. The van der Waals surface area contributed by atoms with Crippen LogP contribution >= 0.6 is 0 Å². The van der Waals surface area contributed by atoms with Gasteiger partial charge in [-0.15, -0.1) is 0 Å². The number of amides is 1. The third kappa shape index (κ3) is 54.9. The standard InChI is InChI=1S/C64H117NO5/c1-3-5-7-9-11-13-15-17-19-21-22-23-25-28-32-36-40-44-48-52-56-62(67)61(60-66)65-63(68)57-53-49-45-41-37-33-29-26-24-27-31-35-39-43-47-51-55-59-70-64(69)58-54-50-46-42-38-34-30-20-18-16-14-12-10-8-6-4-2/h14,16,20,24,27,30,35,39,52,56,61-62,66-67H,3-13,15,17-19,21-23,25-26,28-29,31-34,36-38,40-51,53-55,57-60H2,1-2H3,(H,65,68)/b16-14-,27-24-,30-20-,39-35-,56-52+. The molecule has 0 radical (unpaired) electrons. The minimum absolute atomic E-state index is 0.0303. The number of aliphatic hydroxyl groups is 2. The highest BCUT2D eigenvalue weighted by Crippen LogP contribution is 2.16. The highest BCUT2D eigenvalue weighted by Gasteiger charge is 2.18. The summed E-state index contributed by atoms with van der Waals surface area (Å²) < 4.78 is 5.45. The molecule has 0 heterocycles. The van der Waals surface area contributed by atoms with E-state index in [2.05, 4.69) is 67.8 Å². The maximum atomic E-state index is 12.5. The van der Waals surface area contributed by atoms with Gasteiger partial charge in [-0.05, 0) is 103 Å². The number of hydrogen-bond acceptors (Lipinski definition) is 5. The number of carbonyl (C=O) groups excluding carboxylic acids is 2. The van der Waals surface area contributed by atoms with Gasteiger partial charge < -0.3 is 20.3 Å². The van der Waals surface area contributed by atoms with E-state index in [-0.39, 0.29) is 18.5 Å². The van der Waals surface area contributed by atoms with Crippen molar-refractivity contribution in [2.24, 2.45) is 0 Å². The molecule has 0 fully saturated rings. The minimum Gasteiger partial charge on any atom is -0.466 e. The lowest BCUT2D eigenvalue weighted by Crippen LogP contribution is -2.45. The number of carbonyl (C=O) groups is 2. The third-order valence-corrected chi connectivity index (χ3v) is 13.8. The van der Waals surface area contributed by atoms with Crippen LogP contribution in [0.2, 0.25) is 0 Å². The Kier molecular flexibility index (Phi) is 57.1. The zero-order chi connectivity index (χ0) is 50.7. The molecule has 0 aliphatic heterocycles. The first-order valence-corrected chi connectivity index (χ1v) is 30.6. The lowest BCUT2D eigenvalue weighted by Gasteiger charge is -2.20. The summed E-state index contributed by atoms with van der Waals surface area (Å²) in [5, 5.41) is 23.2. The fraction of sp³-hybridized carbons (Fsp3) is 0.812. The van der Waals surface area contributed by atoms with Gasteiger partial charge in [0.15, 0.2) is 0 Å². The molecule has 0 bridgehead atoms. The van der Waals surface area contributed by atoms with Gasteiger partial charge in [-0.2, -0.15) is 0 Å². The summed E-state index contributed by atoms with van der Waals surface area (Å²) in [6, 6.07) is -0.643. The van der Waals surface area contributed by atoms with Crippen LogP contribution in [0, 0.1) is 0 Å². The van der Waals surface area contributed by atoms with Crippen molar-refractivity contribution >= 4 is 11.9 Å². The molecule has 2 unspecified atom stereocenters. The van der Waals surface area contributed by atoms with E-state index >= 15 is 0 Å². The first kappa shape index (κ1) is 67.6. The molecule has 0 saturated carbocycles. The fourth-order valence-corrected chi connectivity index (χ4v) is 9.05. The van der Waals surface area contributed by atoms with Gasteiger partial charge in [-0.25, -0.2) is 0 Å². The molecule has 0 aromatic heterocycles. The van der Waals surface area contributed by atoms with Crippen LogP contribution in [-0.4, -0.2) is 47.4 Å². The molecule has 408 valence electrons. The van der Waals surface area contributed by atoms with Crippen molar-refractivity contribution in [2.75, 3.05) is 13.2 Å². The van der Waals surface area contributed by atoms with Gasteiger partial charge in [0.2, 0.25) is 5.91 Å². The van der Waals surface area contributed by atoms with Crippen molar-refractivity contribution in [3.63, 3.8) is 0 Å². The molecule has 0 aliphatic carbocycles. The second-order valence-electron chi connectivity index (χ2n) is 20.7. The Bertz CT molecular complexity index is 1220. The van der Waals surface area contributed by atoms with Crippen LogP contribution in [-0.2, 0) is 14.3 Å². The Hall–Kier alpha value is -2.44. The largest absolute Gasteiger partial charge is 0.466 e. The molecule has 0 aromatic rings. The predicted molar refractivity (Wildman–Crippen MR) is 305 cm³/mol. The second kappa shape index (κ2) is 59.1. The van der Waals surface area contributed by atoms with Gasteiger partial charge in [-0.1, -0.05) is 254 Å². The second-order valence-corrected chi connectivity index (χ2v) is 20.7. The average Bonchev–Trinajstić information content (AvgIpc) is 3.36. The molecule has 6 heteroatoms. The summed E-state index contributed by atoms with van der Waals surface area (Å²) in [7, 11) is 0. The van der Waals surface area contributed by atoms with E-state index in [4.69, 9.17) is 4.74 Å². The van der Waals surface area contributed by atoms with Gasteiger partial charge in [0.1, 0.15) is 0 Å². The normalized spacial score (nSPS) is 13.0. The van der Waals surface area contributed by atoms with Gasteiger partial charge >= 0.3 is 5.97 Å². The van der Waals surface area contributed by atoms with E-state index in [0.29, 0.717) is 19.4 Å². The van der Waals surface area contributed by atoms with Gasteiger partial charge in [0.25, 0.3) is 0 Å². The van der Waals surface area contributed by atoms with Crippen LogP contribution in [0.25, 0.3) is 0 Å². The molecule has 3 N–H and O–H groups in total. The molecular formula is C64H117NO5. The van der Waals surface area contributed by atoms with E-state index in [9.17, 15) is 19.8 Å². The molecule has 0 aliphatic rings. The van der Waals surface area contributed by atoms with Crippen molar-refractivity contribution in [3.8, 4) is 0 Å². The SMILES string of the molecule is CCCCCC/C=C\C/C=C\CCCCCCCC(=O)OCCCCC/C=C\C/C=C\CCCCCCCCCC(=O)NC(CO)C(O)/C=C/CCCCCCCCCCCCCCCCCCCC.